The van der Waals surface area contributed by atoms with E-state index >= 15 is 0 Å². The number of benzene rings is 3. The van der Waals surface area contributed by atoms with Gasteiger partial charge < -0.3 is 15.0 Å². The zero-order valence-electron chi connectivity index (χ0n) is 18.8. The molecule has 0 radical (unpaired) electrons. The highest BCUT2D eigenvalue weighted by molar-refractivity contribution is 5.91. The standard InChI is InChI=1S/C29H27N3O/c1-20-5-4-6-21-9-10-23(18-27(21)31-20)22-11-12-29-24(17-22)19-32(15-16-33-29)28-13-14-30-26-8-3-2-7-25(26)28/h2-3,5,7-14,17-18,31H,4,6,15-16,19H2,1H3. The molecule has 0 saturated heterocycles. The first-order chi connectivity index (χ1) is 16.2. The van der Waals surface area contributed by atoms with Crippen molar-refractivity contribution in [2.45, 2.75) is 26.3 Å². The first-order valence-electron chi connectivity index (χ1n) is 11.7. The second-order valence-electron chi connectivity index (χ2n) is 8.86. The van der Waals surface area contributed by atoms with Crippen molar-refractivity contribution >= 4 is 22.3 Å². The molecule has 0 unspecified atom stereocenters. The molecule has 4 heteroatoms. The van der Waals surface area contributed by atoms with E-state index in [0.717, 1.165) is 37.2 Å². The summed E-state index contributed by atoms with van der Waals surface area (Å²) in [6, 6.07) is 23.9. The van der Waals surface area contributed by atoms with E-state index in [2.05, 4.69) is 88.9 Å². The highest BCUT2D eigenvalue weighted by atomic mass is 16.5. The molecule has 0 fully saturated rings. The Bertz CT molecular complexity index is 1370. The Hall–Kier alpha value is -3.79. The third-order valence-electron chi connectivity index (χ3n) is 6.65. The van der Waals surface area contributed by atoms with E-state index in [1.165, 1.54) is 44.7 Å². The molecule has 1 aromatic heterocycles. The van der Waals surface area contributed by atoms with Crippen LogP contribution in [0.1, 0.15) is 24.5 Å². The fraction of sp³-hybridized carbons (Fsp3) is 0.207. The number of fused-ring (bicyclic) bond motifs is 3. The van der Waals surface area contributed by atoms with Gasteiger partial charge in [-0.15, -0.1) is 0 Å². The summed E-state index contributed by atoms with van der Waals surface area (Å²) in [5, 5.41) is 4.75. The first-order valence-corrected chi connectivity index (χ1v) is 11.7. The van der Waals surface area contributed by atoms with Gasteiger partial charge in [-0.3, -0.25) is 4.98 Å². The second-order valence-corrected chi connectivity index (χ2v) is 8.86. The quantitative estimate of drug-likeness (QED) is 0.388. The van der Waals surface area contributed by atoms with E-state index in [1.54, 1.807) is 0 Å². The molecular formula is C29H27N3O. The van der Waals surface area contributed by atoms with Crippen molar-refractivity contribution in [1.29, 1.82) is 0 Å². The highest BCUT2D eigenvalue weighted by Crippen LogP contribution is 2.35. The fourth-order valence-corrected chi connectivity index (χ4v) is 4.93. The fourth-order valence-electron chi connectivity index (χ4n) is 4.93. The predicted octanol–water partition coefficient (Wildman–Crippen LogP) is 6.56. The summed E-state index contributed by atoms with van der Waals surface area (Å²) in [7, 11) is 0. The van der Waals surface area contributed by atoms with Crippen LogP contribution in [-0.4, -0.2) is 18.1 Å². The zero-order valence-corrected chi connectivity index (χ0v) is 18.8. The lowest BCUT2D eigenvalue weighted by Gasteiger charge is -2.23. The van der Waals surface area contributed by atoms with Crippen LogP contribution in [0.2, 0.25) is 0 Å². The third kappa shape index (κ3) is 3.82. The van der Waals surface area contributed by atoms with E-state index in [4.69, 9.17) is 4.74 Å². The number of allylic oxidation sites excluding steroid dienone is 2. The number of hydrogen-bond donors (Lipinski definition) is 1. The first kappa shape index (κ1) is 19.9. The SMILES string of the molecule is CC1=CCCc2ccc(-c3ccc4c(c3)CN(c3ccnc5ccccc35)CCO4)cc2N1. The van der Waals surface area contributed by atoms with Crippen LogP contribution in [0.3, 0.4) is 0 Å². The molecule has 0 saturated carbocycles. The molecule has 4 nitrogen and oxygen atoms in total. The summed E-state index contributed by atoms with van der Waals surface area (Å²) < 4.78 is 6.15. The maximum absolute atomic E-state index is 6.15. The molecule has 3 aromatic carbocycles. The number of nitrogens with zero attached hydrogens (tertiary/aromatic N) is 2. The number of anilines is 2. The predicted molar refractivity (Wildman–Crippen MR) is 136 cm³/mol. The average molecular weight is 434 g/mol. The van der Waals surface area contributed by atoms with Gasteiger partial charge in [0.1, 0.15) is 12.4 Å². The molecule has 3 heterocycles. The van der Waals surface area contributed by atoms with Gasteiger partial charge in [-0.25, -0.2) is 0 Å². The van der Waals surface area contributed by atoms with Crippen LogP contribution >= 0.6 is 0 Å². The Morgan fingerprint density at radius 1 is 0.939 bits per heavy atom. The lowest BCUT2D eigenvalue weighted by atomic mass is 9.98. The van der Waals surface area contributed by atoms with Gasteiger partial charge in [0.05, 0.1) is 12.1 Å². The summed E-state index contributed by atoms with van der Waals surface area (Å²) in [6.45, 7) is 4.45. The second kappa shape index (κ2) is 8.28. The van der Waals surface area contributed by atoms with Crippen LogP contribution in [0.15, 0.2) is 84.7 Å². The molecule has 0 spiro atoms. The molecule has 2 aliphatic heterocycles. The van der Waals surface area contributed by atoms with Crippen molar-refractivity contribution in [2.24, 2.45) is 0 Å². The summed E-state index contributed by atoms with van der Waals surface area (Å²) in [6.07, 6.45) is 6.34. The van der Waals surface area contributed by atoms with Gasteiger partial charge in [-0.2, -0.15) is 0 Å². The summed E-state index contributed by atoms with van der Waals surface area (Å²) in [4.78, 5) is 6.95. The molecule has 2 aliphatic rings. The molecule has 0 bridgehead atoms. The molecule has 0 aliphatic carbocycles. The summed E-state index contributed by atoms with van der Waals surface area (Å²) in [5.74, 6) is 0.978. The van der Waals surface area contributed by atoms with Gasteiger partial charge in [0.15, 0.2) is 0 Å². The maximum Gasteiger partial charge on any atom is 0.124 e. The normalized spacial score (nSPS) is 15.4. The average Bonchev–Trinajstić information content (AvgIpc) is 3.17. The highest BCUT2D eigenvalue weighted by Gasteiger charge is 2.19. The topological polar surface area (TPSA) is 37.4 Å². The number of nitrogens with one attached hydrogen (secondary N) is 1. The van der Waals surface area contributed by atoms with Crippen LogP contribution in [0.4, 0.5) is 11.4 Å². The van der Waals surface area contributed by atoms with Gasteiger partial charge in [-0.1, -0.05) is 42.5 Å². The van der Waals surface area contributed by atoms with Gasteiger partial charge in [0.2, 0.25) is 0 Å². The Kier molecular flexibility index (Phi) is 4.99. The van der Waals surface area contributed by atoms with Gasteiger partial charge >= 0.3 is 0 Å². The van der Waals surface area contributed by atoms with Gasteiger partial charge in [0.25, 0.3) is 0 Å². The summed E-state index contributed by atoms with van der Waals surface area (Å²) in [5.41, 5.74) is 9.70. The Morgan fingerprint density at radius 2 is 1.82 bits per heavy atom. The lowest BCUT2D eigenvalue weighted by Crippen LogP contribution is -2.25. The zero-order chi connectivity index (χ0) is 22.2. The minimum Gasteiger partial charge on any atom is -0.491 e. The maximum atomic E-state index is 6.15. The number of rotatable bonds is 2. The number of para-hydroxylation sites is 1. The lowest BCUT2D eigenvalue weighted by molar-refractivity contribution is 0.332. The molecule has 4 aromatic rings. The number of pyridine rings is 1. The number of aromatic nitrogens is 1. The minimum absolute atomic E-state index is 0.664. The molecule has 0 atom stereocenters. The monoisotopic (exact) mass is 433 g/mol. The third-order valence-corrected chi connectivity index (χ3v) is 6.65. The Morgan fingerprint density at radius 3 is 2.79 bits per heavy atom. The minimum atomic E-state index is 0.664. The van der Waals surface area contributed by atoms with Crippen LogP contribution in [0.25, 0.3) is 22.0 Å². The Labute approximate surface area is 194 Å². The van der Waals surface area contributed by atoms with E-state index in [9.17, 15) is 0 Å². The molecule has 1 N–H and O–H groups in total. The van der Waals surface area contributed by atoms with E-state index in [-0.39, 0.29) is 0 Å². The molecule has 0 amide bonds. The molecule has 164 valence electrons. The smallest absolute Gasteiger partial charge is 0.124 e. The summed E-state index contributed by atoms with van der Waals surface area (Å²) >= 11 is 0. The van der Waals surface area contributed by atoms with Crippen LogP contribution in [-0.2, 0) is 13.0 Å². The number of hydrogen-bond acceptors (Lipinski definition) is 4. The molecular weight excluding hydrogens is 406 g/mol. The largest absolute Gasteiger partial charge is 0.491 e. The number of aryl methyl sites for hydroxylation is 1. The Balaban J connectivity index is 1.36. The van der Waals surface area contributed by atoms with Crippen molar-refractivity contribution < 1.29 is 4.74 Å². The number of ether oxygens (including phenoxy) is 1. The van der Waals surface area contributed by atoms with Crippen molar-refractivity contribution in [1.82, 2.24) is 4.98 Å². The van der Waals surface area contributed by atoms with Crippen LogP contribution in [0, 0.1) is 0 Å². The van der Waals surface area contributed by atoms with Crippen LogP contribution in [0.5, 0.6) is 5.75 Å². The van der Waals surface area contributed by atoms with Crippen molar-refractivity contribution in [2.75, 3.05) is 23.4 Å². The molecule has 6 rings (SSSR count). The van der Waals surface area contributed by atoms with Crippen molar-refractivity contribution in [3.05, 3.63) is 95.8 Å². The van der Waals surface area contributed by atoms with Crippen LogP contribution < -0.4 is 15.0 Å². The van der Waals surface area contributed by atoms with Crippen molar-refractivity contribution in [3.63, 3.8) is 0 Å². The van der Waals surface area contributed by atoms with Gasteiger partial charge in [-0.05, 0) is 66.8 Å². The van der Waals surface area contributed by atoms with Gasteiger partial charge in [0, 0.05) is 40.8 Å². The van der Waals surface area contributed by atoms with E-state index in [1.807, 2.05) is 12.3 Å². The van der Waals surface area contributed by atoms with E-state index < -0.39 is 0 Å². The molecule has 33 heavy (non-hydrogen) atoms. The van der Waals surface area contributed by atoms with Crippen molar-refractivity contribution in [3.8, 4) is 16.9 Å². The van der Waals surface area contributed by atoms with E-state index in [0.29, 0.717) is 6.61 Å².